The van der Waals surface area contributed by atoms with Crippen LogP contribution in [-0.4, -0.2) is 16.2 Å². The number of carboxylic acids is 1. The van der Waals surface area contributed by atoms with Gasteiger partial charge in [-0.3, -0.25) is 0 Å². The van der Waals surface area contributed by atoms with E-state index in [9.17, 15) is 9.59 Å². The lowest BCUT2D eigenvalue weighted by atomic mass is 10.1. The third-order valence-electron chi connectivity index (χ3n) is 2.42. The number of benzene rings is 1. The van der Waals surface area contributed by atoms with Crippen LogP contribution in [0.2, 0.25) is 0 Å². The van der Waals surface area contributed by atoms with Gasteiger partial charge in [0.25, 0.3) is 0 Å². The molecule has 0 atom stereocenters. The molecule has 0 bridgehead atoms. The zero-order valence-electron chi connectivity index (χ0n) is 9.29. The summed E-state index contributed by atoms with van der Waals surface area (Å²) in [6, 6.07) is 6.51. The highest BCUT2D eigenvalue weighted by atomic mass is 16.4. The quantitative estimate of drug-likeness (QED) is 0.631. The summed E-state index contributed by atoms with van der Waals surface area (Å²) in [4.78, 5) is 22.0. The smallest absolute Gasteiger partial charge is 0.343 e. The Morgan fingerprint density at radius 3 is 2.78 bits per heavy atom. The fraction of sp³-hybridized carbons (Fsp3) is 0.0769. The highest BCUT2D eigenvalue weighted by molar-refractivity contribution is 5.86. The lowest BCUT2D eigenvalue weighted by Crippen LogP contribution is -2.03. The summed E-state index contributed by atoms with van der Waals surface area (Å²) >= 11 is 0. The first-order chi connectivity index (χ1) is 8.60. The van der Waals surface area contributed by atoms with E-state index in [4.69, 9.17) is 14.6 Å². The van der Waals surface area contributed by atoms with Gasteiger partial charge in [0.1, 0.15) is 5.58 Å². The van der Waals surface area contributed by atoms with Gasteiger partial charge in [-0.2, -0.15) is 0 Å². The molecule has 5 heteroatoms. The normalized spacial score (nSPS) is 11.2. The predicted octanol–water partition coefficient (Wildman–Crippen LogP) is 1.38. The molecule has 0 amide bonds. The number of carboxylic acid groups (broad SMARTS) is 1. The largest absolute Gasteiger partial charge is 0.478 e. The molecule has 18 heavy (non-hydrogen) atoms. The van der Waals surface area contributed by atoms with E-state index in [2.05, 4.69) is 0 Å². The van der Waals surface area contributed by atoms with Gasteiger partial charge >= 0.3 is 11.6 Å². The Morgan fingerprint density at radius 1 is 1.33 bits per heavy atom. The molecule has 1 aromatic heterocycles. The van der Waals surface area contributed by atoms with Crippen LogP contribution in [0.15, 0.2) is 39.6 Å². The molecule has 0 saturated heterocycles. The maximum atomic E-state index is 11.6. The maximum Gasteiger partial charge on any atom is 0.343 e. The molecule has 2 N–H and O–H groups in total. The molecular weight excluding hydrogens is 236 g/mol. The monoisotopic (exact) mass is 246 g/mol. The third-order valence-corrected chi connectivity index (χ3v) is 2.42. The van der Waals surface area contributed by atoms with Crippen molar-refractivity contribution >= 4 is 23.0 Å². The average Bonchev–Trinajstić information content (AvgIpc) is 2.35. The summed E-state index contributed by atoms with van der Waals surface area (Å²) in [6.45, 7) is -0.139. The minimum absolute atomic E-state index is 0.139. The van der Waals surface area contributed by atoms with Gasteiger partial charge in [-0.1, -0.05) is 12.1 Å². The van der Waals surface area contributed by atoms with Crippen LogP contribution in [-0.2, 0) is 11.4 Å². The van der Waals surface area contributed by atoms with Crippen LogP contribution in [0.5, 0.6) is 0 Å². The molecule has 0 spiro atoms. The van der Waals surface area contributed by atoms with Crippen LogP contribution in [0.4, 0.5) is 0 Å². The van der Waals surface area contributed by atoms with Crippen molar-refractivity contribution in [3.63, 3.8) is 0 Å². The maximum absolute atomic E-state index is 11.6. The van der Waals surface area contributed by atoms with Crippen LogP contribution >= 0.6 is 0 Å². The molecule has 0 aliphatic rings. The number of aliphatic hydroxyl groups is 1. The van der Waals surface area contributed by atoms with Gasteiger partial charge in [-0.05, 0) is 23.8 Å². The van der Waals surface area contributed by atoms with Gasteiger partial charge < -0.3 is 14.6 Å². The fourth-order valence-electron chi connectivity index (χ4n) is 1.55. The molecule has 1 aromatic carbocycles. The number of hydrogen-bond donors (Lipinski definition) is 2. The lowest BCUT2D eigenvalue weighted by Gasteiger charge is -2.00. The Kier molecular flexibility index (Phi) is 3.25. The highest BCUT2D eigenvalue weighted by Gasteiger charge is 2.04. The second kappa shape index (κ2) is 4.85. The minimum atomic E-state index is -1.13. The van der Waals surface area contributed by atoms with E-state index in [1.807, 2.05) is 0 Å². The van der Waals surface area contributed by atoms with E-state index in [1.54, 1.807) is 24.3 Å². The van der Waals surface area contributed by atoms with Gasteiger partial charge in [0.2, 0.25) is 0 Å². The van der Waals surface area contributed by atoms with E-state index >= 15 is 0 Å². The van der Waals surface area contributed by atoms with Crippen molar-refractivity contribution in [3.8, 4) is 0 Å². The summed E-state index contributed by atoms with van der Waals surface area (Å²) < 4.78 is 5.06. The molecule has 0 saturated carbocycles. The Hall–Kier alpha value is -2.40. The number of fused-ring (bicyclic) bond motifs is 1. The van der Waals surface area contributed by atoms with Gasteiger partial charge in [0, 0.05) is 11.5 Å². The van der Waals surface area contributed by atoms with Crippen molar-refractivity contribution in [1.29, 1.82) is 0 Å². The van der Waals surface area contributed by atoms with Crippen LogP contribution < -0.4 is 5.63 Å². The van der Waals surface area contributed by atoms with E-state index < -0.39 is 11.6 Å². The first-order valence-electron chi connectivity index (χ1n) is 5.19. The number of carbonyl (C=O) groups is 1. The highest BCUT2D eigenvalue weighted by Crippen LogP contribution is 2.16. The van der Waals surface area contributed by atoms with Crippen LogP contribution in [0, 0.1) is 0 Å². The first-order valence-corrected chi connectivity index (χ1v) is 5.19. The van der Waals surface area contributed by atoms with Crippen LogP contribution in [0.3, 0.4) is 0 Å². The zero-order valence-corrected chi connectivity index (χ0v) is 9.29. The Labute approximate surface area is 102 Å². The molecular formula is C13H10O5. The summed E-state index contributed by atoms with van der Waals surface area (Å²) in [6.07, 6.45) is 2.06. The van der Waals surface area contributed by atoms with Crippen molar-refractivity contribution in [1.82, 2.24) is 0 Å². The number of aliphatic carboxylic acids is 1. The summed E-state index contributed by atoms with van der Waals surface area (Å²) in [5.74, 6) is -1.13. The molecule has 0 unspecified atom stereocenters. The van der Waals surface area contributed by atoms with Gasteiger partial charge in [-0.25, -0.2) is 9.59 Å². The van der Waals surface area contributed by atoms with E-state index in [-0.39, 0.29) is 12.2 Å². The van der Waals surface area contributed by atoms with Crippen LogP contribution in [0.25, 0.3) is 17.0 Å². The number of hydrogen-bond acceptors (Lipinski definition) is 4. The zero-order chi connectivity index (χ0) is 13.1. The minimum Gasteiger partial charge on any atom is -0.478 e. The Morgan fingerprint density at radius 2 is 2.11 bits per heavy atom. The van der Waals surface area contributed by atoms with Crippen molar-refractivity contribution in [3.05, 3.63) is 51.9 Å². The summed E-state index contributed by atoms with van der Waals surface area (Å²) in [5, 5.41) is 18.1. The van der Waals surface area contributed by atoms with Crippen molar-refractivity contribution in [2.75, 3.05) is 0 Å². The molecule has 0 radical (unpaired) electrons. The molecule has 0 aliphatic heterocycles. The SMILES string of the molecule is O=C(O)C=Cc1cc2ccc(CO)cc2oc1=O. The summed E-state index contributed by atoms with van der Waals surface area (Å²) in [5.41, 5.74) is 0.551. The third kappa shape index (κ3) is 2.46. The Balaban J connectivity index is 2.56. The predicted molar refractivity (Wildman–Crippen MR) is 65.1 cm³/mol. The second-order valence-corrected chi connectivity index (χ2v) is 3.69. The van der Waals surface area contributed by atoms with E-state index in [1.165, 1.54) is 6.08 Å². The molecule has 0 fully saturated rings. The van der Waals surface area contributed by atoms with Gasteiger partial charge in [0.15, 0.2) is 0 Å². The van der Waals surface area contributed by atoms with E-state index in [0.717, 1.165) is 6.08 Å². The Bertz CT molecular complexity index is 681. The number of rotatable bonds is 3. The second-order valence-electron chi connectivity index (χ2n) is 3.69. The molecule has 2 aromatic rings. The lowest BCUT2D eigenvalue weighted by molar-refractivity contribution is -0.131. The molecule has 2 rings (SSSR count). The molecule has 0 aliphatic carbocycles. The molecule has 92 valence electrons. The van der Waals surface area contributed by atoms with Crippen LogP contribution in [0.1, 0.15) is 11.1 Å². The van der Waals surface area contributed by atoms with Crippen molar-refractivity contribution in [2.24, 2.45) is 0 Å². The number of aliphatic hydroxyl groups excluding tert-OH is 1. The molecule has 1 heterocycles. The summed E-state index contributed by atoms with van der Waals surface area (Å²) in [7, 11) is 0. The molecule has 5 nitrogen and oxygen atoms in total. The van der Waals surface area contributed by atoms with Gasteiger partial charge in [-0.15, -0.1) is 0 Å². The first kappa shape index (κ1) is 12.1. The van der Waals surface area contributed by atoms with E-state index in [0.29, 0.717) is 16.5 Å². The van der Waals surface area contributed by atoms with Gasteiger partial charge in [0.05, 0.1) is 12.2 Å². The topological polar surface area (TPSA) is 87.7 Å². The van der Waals surface area contributed by atoms with Crippen molar-refractivity contribution in [2.45, 2.75) is 6.61 Å². The fourth-order valence-corrected chi connectivity index (χ4v) is 1.55. The standard InChI is InChI=1S/C13H10O5/c14-7-8-1-2-9-6-10(3-4-12(15)16)13(17)18-11(9)5-8/h1-6,14H,7H2,(H,15,16). The average molecular weight is 246 g/mol. The van der Waals surface area contributed by atoms with Crippen molar-refractivity contribution < 1.29 is 19.4 Å².